The lowest BCUT2D eigenvalue weighted by atomic mass is 10.2. The fourth-order valence-corrected chi connectivity index (χ4v) is 2.19. The van der Waals surface area contributed by atoms with Gasteiger partial charge in [-0.3, -0.25) is 4.79 Å². The van der Waals surface area contributed by atoms with Gasteiger partial charge in [0, 0.05) is 14.6 Å². The SMILES string of the molecule is C=CCCOCCNC(=O)c1cc(I)ccc1Br. The molecule has 0 fully saturated rings. The summed E-state index contributed by atoms with van der Waals surface area (Å²) in [5.74, 6) is -0.0901. The Balaban J connectivity index is 2.36. The Hall–Kier alpha value is -0.400. The van der Waals surface area contributed by atoms with Gasteiger partial charge in [0.2, 0.25) is 0 Å². The molecule has 5 heteroatoms. The monoisotopic (exact) mass is 423 g/mol. The fraction of sp³-hybridized carbons (Fsp3) is 0.308. The zero-order chi connectivity index (χ0) is 13.4. The normalized spacial score (nSPS) is 10.1. The maximum absolute atomic E-state index is 11.9. The molecule has 1 aromatic carbocycles. The molecule has 0 atom stereocenters. The first kappa shape index (κ1) is 15.7. The minimum Gasteiger partial charge on any atom is -0.379 e. The van der Waals surface area contributed by atoms with Gasteiger partial charge in [-0.1, -0.05) is 6.08 Å². The van der Waals surface area contributed by atoms with E-state index in [0.717, 1.165) is 14.5 Å². The summed E-state index contributed by atoms with van der Waals surface area (Å²) in [4.78, 5) is 11.9. The highest BCUT2D eigenvalue weighted by Gasteiger charge is 2.09. The predicted molar refractivity (Wildman–Crippen MR) is 84.8 cm³/mol. The Labute approximate surface area is 129 Å². The molecule has 0 unspecified atom stereocenters. The van der Waals surface area contributed by atoms with E-state index >= 15 is 0 Å². The second kappa shape index (κ2) is 8.66. The maximum Gasteiger partial charge on any atom is 0.252 e. The van der Waals surface area contributed by atoms with Gasteiger partial charge in [0.15, 0.2) is 0 Å². The van der Waals surface area contributed by atoms with Gasteiger partial charge in [-0.15, -0.1) is 6.58 Å². The molecule has 3 nitrogen and oxygen atoms in total. The fourth-order valence-electron chi connectivity index (χ4n) is 1.27. The molecule has 1 aromatic rings. The van der Waals surface area contributed by atoms with Gasteiger partial charge in [0.1, 0.15) is 0 Å². The van der Waals surface area contributed by atoms with Crippen LogP contribution in [0.1, 0.15) is 16.8 Å². The summed E-state index contributed by atoms with van der Waals surface area (Å²) in [6, 6.07) is 5.66. The van der Waals surface area contributed by atoms with E-state index in [4.69, 9.17) is 4.74 Å². The van der Waals surface area contributed by atoms with Crippen molar-refractivity contribution in [3.8, 4) is 0 Å². The van der Waals surface area contributed by atoms with Gasteiger partial charge in [0.05, 0.1) is 18.8 Å². The molecule has 0 aliphatic rings. The van der Waals surface area contributed by atoms with Crippen molar-refractivity contribution in [1.29, 1.82) is 0 Å². The van der Waals surface area contributed by atoms with E-state index in [2.05, 4.69) is 50.4 Å². The summed E-state index contributed by atoms with van der Waals surface area (Å²) < 4.78 is 7.14. The number of carbonyl (C=O) groups excluding carboxylic acids is 1. The van der Waals surface area contributed by atoms with E-state index in [9.17, 15) is 4.79 Å². The Morgan fingerprint density at radius 3 is 3.00 bits per heavy atom. The maximum atomic E-state index is 11.9. The molecule has 0 saturated heterocycles. The van der Waals surface area contributed by atoms with E-state index in [0.29, 0.717) is 25.3 Å². The average molecular weight is 424 g/mol. The lowest BCUT2D eigenvalue weighted by Gasteiger charge is -2.07. The van der Waals surface area contributed by atoms with Crippen LogP contribution in [0.15, 0.2) is 35.3 Å². The standard InChI is InChI=1S/C13H15BrINO2/c1-2-3-7-18-8-6-16-13(17)11-9-10(15)4-5-12(11)14/h2,4-5,9H,1,3,6-8H2,(H,16,17). The molecule has 0 radical (unpaired) electrons. The number of ether oxygens (including phenoxy) is 1. The van der Waals surface area contributed by atoms with Gasteiger partial charge < -0.3 is 10.1 Å². The van der Waals surface area contributed by atoms with Crippen molar-refractivity contribution in [2.75, 3.05) is 19.8 Å². The van der Waals surface area contributed by atoms with E-state index in [-0.39, 0.29) is 5.91 Å². The van der Waals surface area contributed by atoms with Crippen molar-refractivity contribution in [2.24, 2.45) is 0 Å². The van der Waals surface area contributed by atoms with Crippen LogP contribution >= 0.6 is 38.5 Å². The average Bonchev–Trinajstić information content (AvgIpc) is 2.36. The molecule has 0 aliphatic heterocycles. The van der Waals surface area contributed by atoms with Gasteiger partial charge in [0.25, 0.3) is 5.91 Å². The smallest absolute Gasteiger partial charge is 0.252 e. The van der Waals surface area contributed by atoms with Crippen molar-refractivity contribution in [3.05, 3.63) is 44.5 Å². The number of rotatable bonds is 7. The molecule has 1 N–H and O–H groups in total. The molecule has 0 heterocycles. The van der Waals surface area contributed by atoms with Crippen LogP contribution in [0.25, 0.3) is 0 Å². The number of nitrogens with one attached hydrogen (secondary N) is 1. The van der Waals surface area contributed by atoms with Crippen molar-refractivity contribution < 1.29 is 9.53 Å². The molecule has 1 amide bonds. The number of benzene rings is 1. The highest BCUT2D eigenvalue weighted by molar-refractivity contribution is 14.1. The minimum absolute atomic E-state index is 0.0901. The summed E-state index contributed by atoms with van der Waals surface area (Å²) in [6.07, 6.45) is 2.64. The molecule has 0 bridgehead atoms. The van der Waals surface area contributed by atoms with Crippen molar-refractivity contribution in [3.63, 3.8) is 0 Å². The lowest BCUT2D eigenvalue weighted by molar-refractivity contribution is 0.0917. The summed E-state index contributed by atoms with van der Waals surface area (Å²) in [5, 5.41) is 2.82. The zero-order valence-electron chi connectivity index (χ0n) is 9.92. The van der Waals surface area contributed by atoms with Crippen LogP contribution in [-0.2, 0) is 4.74 Å². The van der Waals surface area contributed by atoms with Gasteiger partial charge >= 0.3 is 0 Å². The molecule has 0 aromatic heterocycles. The molecule has 0 saturated carbocycles. The van der Waals surface area contributed by atoms with Crippen LogP contribution in [0.5, 0.6) is 0 Å². The number of hydrogen-bond acceptors (Lipinski definition) is 2. The van der Waals surface area contributed by atoms with E-state index in [1.807, 2.05) is 24.3 Å². The third-order valence-corrected chi connectivity index (χ3v) is 3.53. The highest BCUT2D eigenvalue weighted by atomic mass is 127. The van der Waals surface area contributed by atoms with Crippen LogP contribution in [0.4, 0.5) is 0 Å². The van der Waals surface area contributed by atoms with Crippen molar-refractivity contribution in [1.82, 2.24) is 5.32 Å². The third kappa shape index (κ3) is 5.49. The van der Waals surface area contributed by atoms with E-state index in [1.165, 1.54) is 0 Å². The molecule has 0 spiro atoms. The first-order valence-electron chi connectivity index (χ1n) is 5.57. The zero-order valence-corrected chi connectivity index (χ0v) is 13.7. The molecule has 98 valence electrons. The number of halogens is 2. The van der Waals surface area contributed by atoms with Crippen LogP contribution in [0, 0.1) is 3.57 Å². The molecule has 0 aliphatic carbocycles. The van der Waals surface area contributed by atoms with Crippen LogP contribution in [0.3, 0.4) is 0 Å². The summed E-state index contributed by atoms with van der Waals surface area (Å²) in [5.41, 5.74) is 0.646. The second-order valence-electron chi connectivity index (χ2n) is 3.57. The topological polar surface area (TPSA) is 38.3 Å². The molecule has 1 rings (SSSR count). The third-order valence-electron chi connectivity index (χ3n) is 2.17. The summed E-state index contributed by atoms with van der Waals surface area (Å²) in [7, 11) is 0. The van der Waals surface area contributed by atoms with Gasteiger partial charge in [-0.05, 0) is 63.1 Å². The number of hydrogen-bond donors (Lipinski definition) is 1. The number of amides is 1. The Kier molecular flexibility index (Phi) is 7.53. The Morgan fingerprint density at radius 1 is 1.50 bits per heavy atom. The van der Waals surface area contributed by atoms with Crippen molar-refractivity contribution >= 4 is 44.4 Å². The van der Waals surface area contributed by atoms with E-state index in [1.54, 1.807) is 0 Å². The first-order valence-corrected chi connectivity index (χ1v) is 7.44. The van der Waals surface area contributed by atoms with Gasteiger partial charge in [-0.25, -0.2) is 0 Å². The minimum atomic E-state index is -0.0901. The van der Waals surface area contributed by atoms with Crippen LogP contribution in [-0.4, -0.2) is 25.7 Å². The van der Waals surface area contributed by atoms with Crippen molar-refractivity contribution in [2.45, 2.75) is 6.42 Å². The second-order valence-corrected chi connectivity index (χ2v) is 5.67. The molecular formula is C13H15BrINO2. The Bertz CT molecular complexity index is 423. The summed E-state index contributed by atoms with van der Waals surface area (Å²) in [6.45, 7) is 5.28. The molecule has 18 heavy (non-hydrogen) atoms. The van der Waals surface area contributed by atoms with Crippen LogP contribution < -0.4 is 5.32 Å². The quantitative estimate of drug-likeness (QED) is 0.414. The highest BCUT2D eigenvalue weighted by Crippen LogP contribution is 2.19. The first-order chi connectivity index (χ1) is 8.65. The van der Waals surface area contributed by atoms with Crippen LogP contribution in [0.2, 0.25) is 0 Å². The lowest BCUT2D eigenvalue weighted by Crippen LogP contribution is -2.27. The van der Waals surface area contributed by atoms with E-state index < -0.39 is 0 Å². The largest absolute Gasteiger partial charge is 0.379 e. The predicted octanol–water partition coefficient (Wildman–Crippen LogP) is 3.38. The molecular weight excluding hydrogens is 409 g/mol. The van der Waals surface area contributed by atoms with Gasteiger partial charge in [-0.2, -0.15) is 0 Å². The number of carbonyl (C=O) groups is 1. The Morgan fingerprint density at radius 2 is 2.28 bits per heavy atom. The summed E-state index contributed by atoms with van der Waals surface area (Å²) >= 11 is 5.55.